The van der Waals surface area contributed by atoms with Crippen LogP contribution in [0.15, 0.2) is 66.9 Å². The van der Waals surface area contributed by atoms with Crippen LogP contribution < -0.4 is 10.6 Å². The molecule has 45 heavy (non-hydrogen) atoms. The van der Waals surface area contributed by atoms with Crippen molar-refractivity contribution in [3.63, 3.8) is 0 Å². The second-order valence-corrected chi connectivity index (χ2v) is 12.9. The summed E-state index contributed by atoms with van der Waals surface area (Å²) in [5.74, 6) is 0.901. The Morgan fingerprint density at radius 2 is 1.58 bits per heavy atom. The van der Waals surface area contributed by atoms with Crippen molar-refractivity contribution < 1.29 is 24.6 Å². The number of carboxylic acid groups (broad SMARTS) is 1. The van der Waals surface area contributed by atoms with E-state index in [-0.39, 0.29) is 23.8 Å². The summed E-state index contributed by atoms with van der Waals surface area (Å²) in [6.45, 7) is 6.37. The molecule has 3 aromatic rings. The van der Waals surface area contributed by atoms with Gasteiger partial charge < -0.3 is 25.7 Å². The summed E-state index contributed by atoms with van der Waals surface area (Å²) in [7, 11) is 0. The molecule has 0 unspecified atom stereocenters. The van der Waals surface area contributed by atoms with Crippen LogP contribution in [0.5, 0.6) is 0 Å². The molecule has 0 aliphatic heterocycles. The molecule has 3 amide bonds. The Balaban J connectivity index is 1.30. The van der Waals surface area contributed by atoms with E-state index in [2.05, 4.69) is 15.6 Å². The van der Waals surface area contributed by atoms with Gasteiger partial charge in [-0.15, -0.1) is 0 Å². The Hall–Kier alpha value is -4.24. The highest BCUT2D eigenvalue weighted by molar-refractivity contribution is 5.92. The van der Waals surface area contributed by atoms with Gasteiger partial charge in [-0.05, 0) is 73.8 Å². The maximum atomic E-state index is 13.1. The molecule has 9 nitrogen and oxygen atoms in total. The van der Waals surface area contributed by atoms with Gasteiger partial charge in [0.1, 0.15) is 5.82 Å². The highest BCUT2D eigenvalue weighted by atomic mass is 16.4. The number of nitrogens with zero attached hydrogens (tertiary/aromatic N) is 2. The number of aromatic nitrogens is 1. The molecule has 9 heteroatoms. The minimum absolute atomic E-state index is 0.0633. The van der Waals surface area contributed by atoms with Crippen LogP contribution in [0, 0.1) is 5.92 Å². The molecule has 5 rings (SSSR count). The van der Waals surface area contributed by atoms with Crippen molar-refractivity contribution in [2.45, 2.75) is 89.3 Å². The van der Waals surface area contributed by atoms with E-state index >= 15 is 0 Å². The van der Waals surface area contributed by atoms with E-state index in [0.29, 0.717) is 31.5 Å². The maximum Gasteiger partial charge on any atom is 0.405 e. The van der Waals surface area contributed by atoms with E-state index in [1.807, 2.05) is 79.4 Å². The van der Waals surface area contributed by atoms with E-state index in [1.165, 1.54) is 0 Å². The third-order valence-corrected chi connectivity index (χ3v) is 9.41. The van der Waals surface area contributed by atoms with Crippen molar-refractivity contribution in [1.82, 2.24) is 15.2 Å². The first kappa shape index (κ1) is 32.2. The normalized spacial score (nSPS) is 24.3. The maximum absolute atomic E-state index is 13.1. The van der Waals surface area contributed by atoms with Crippen molar-refractivity contribution in [1.29, 1.82) is 0 Å². The fourth-order valence-electron chi connectivity index (χ4n) is 7.35. The topological polar surface area (TPSA) is 132 Å². The van der Waals surface area contributed by atoms with Crippen LogP contribution in [0.1, 0.15) is 77.7 Å². The lowest BCUT2D eigenvalue weighted by Gasteiger charge is -2.51. The lowest BCUT2D eigenvalue weighted by atomic mass is 9.62. The molecule has 4 N–H and O–H groups in total. The van der Waals surface area contributed by atoms with Gasteiger partial charge in [-0.1, -0.05) is 61.5 Å². The zero-order valence-corrected chi connectivity index (χ0v) is 26.4. The van der Waals surface area contributed by atoms with Crippen molar-refractivity contribution in [3.8, 4) is 22.3 Å². The van der Waals surface area contributed by atoms with Gasteiger partial charge in [-0.3, -0.25) is 9.59 Å². The Morgan fingerprint density at radius 1 is 0.933 bits per heavy atom. The first-order valence-electron chi connectivity index (χ1n) is 16.0. The van der Waals surface area contributed by atoms with Crippen LogP contribution in [0.3, 0.4) is 0 Å². The van der Waals surface area contributed by atoms with Gasteiger partial charge in [0, 0.05) is 50.0 Å². The summed E-state index contributed by atoms with van der Waals surface area (Å²) in [5.41, 5.74) is 2.73. The summed E-state index contributed by atoms with van der Waals surface area (Å²) in [6.07, 6.45) is 5.88. The van der Waals surface area contributed by atoms with Crippen molar-refractivity contribution in [2.75, 3.05) is 11.9 Å². The molecule has 0 spiro atoms. The van der Waals surface area contributed by atoms with Crippen LogP contribution in [-0.2, 0) is 15.1 Å². The van der Waals surface area contributed by atoms with Gasteiger partial charge in [-0.2, -0.15) is 0 Å². The summed E-state index contributed by atoms with van der Waals surface area (Å²) in [6, 6.07) is 19.8. The summed E-state index contributed by atoms with van der Waals surface area (Å²) in [4.78, 5) is 43.6. The number of carbonyl (C=O) groups is 3. The molecule has 0 radical (unpaired) electrons. The number of hydrogen-bond donors (Lipinski definition) is 4. The van der Waals surface area contributed by atoms with Crippen molar-refractivity contribution in [3.05, 3.63) is 72.4 Å². The smallest absolute Gasteiger partial charge is 0.405 e. The SMILES string of the molecule is CCC(=O)N(CC)[C@H]1CC[C@H](CC(=O)Nc2cc(-c3ccccc3)c(-c3ccc([C@]4(NC(=O)O)C[C@@](C)(O)C4)cc3)cn2)CC1. The first-order valence-corrected chi connectivity index (χ1v) is 16.0. The van der Waals surface area contributed by atoms with Crippen molar-refractivity contribution in [2.24, 2.45) is 5.92 Å². The van der Waals surface area contributed by atoms with Gasteiger partial charge in [-0.25, -0.2) is 9.78 Å². The number of amides is 3. The van der Waals surface area contributed by atoms with Crippen LogP contribution in [0.4, 0.5) is 10.6 Å². The predicted molar refractivity (Wildman–Crippen MR) is 174 cm³/mol. The quantitative estimate of drug-likeness (QED) is 0.205. The van der Waals surface area contributed by atoms with Gasteiger partial charge in [0.25, 0.3) is 0 Å². The number of aliphatic hydroxyl groups is 1. The van der Waals surface area contributed by atoms with Gasteiger partial charge in [0.15, 0.2) is 0 Å². The number of hydrogen-bond acceptors (Lipinski definition) is 5. The second-order valence-electron chi connectivity index (χ2n) is 12.9. The van der Waals surface area contributed by atoms with Crippen LogP contribution >= 0.6 is 0 Å². The minimum atomic E-state index is -1.12. The molecule has 2 fully saturated rings. The highest BCUT2D eigenvalue weighted by Crippen LogP contribution is 2.48. The monoisotopic (exact) mass is 612 g/mol. The third kappa shape index (κ3) is 7.36. The molecule has 238 valence electrons. The Kier molecular flexibility index (Phi) is 9.58. The predicted octanol–water partition coefficient (Wildman–Crippen LogP) is 6.57. The van der Waals surface area contributed by atoms with E-state index < -0.39 is 17.2 Å². The third-order valence-electron chi connectivity index (χ3n) is 9.41. The summed E-state index contributed by atoms with van der Waals surface area (Å²) >= 11 is 0. The second kappa shape index (κ2) is 13.4. The molecule has 0 saturated heterocycles. The van der Waals surface area contributed by atoms with E-state index in [4.69, 9.17) is 0 Å². The van der Waals surface area contributed by atoms with E-state index in [1.54, 1.807) is 13.1 Å². The Morgan fingerprint density at radius 3 is 2.16 bits per heavy atom. The number of carbonyl (C=O) groups excluding carboxylic acids is 2. The molecule has 2 aliphatic carbocycles. The number of anilines is 1. The lowest BCUT2D eigenvalue weighted by Crippen LogP contribution is -2.61. The highest BCUT2D eigenvalue weighted by Gasteiger charge is 2.53. The molecular weight excluding hydrogens is 568 g/mol. The van der Waals surface area contributed by atoms with Crippen LogP contribution in [-0.4, -0.2) is 56.2 Å². The first-order chi connectivity index (χ1) is 21.5. The zero-order chi connectivity index (χ0) is 32.2. The van der Waals surface area contributed by atoms with E-state index in [0.717, 1.165) is 60.0 Å². The number of benzene rings is 2. The minimum Gasteiger partial charge on any atom is -0.465 e. The zero-order valence-electron chi connectivity index (χ0n) is 26.4. The average molecular weight is 613 g/mol. The number of pyridine rings is 1. The molecule has 2 aliphatic rings. The Bertz CT molecular complexity index is 1510. The lowest BCUT2D eigenvalue weighted by molar-refractivity contribution is -0.134. The van der Waals surface area contributed by atoms with Gasteiger partial charge in [0.2, 0.25) is 11.8 Å². The largest absolute Gasteiger partial charge is 0.465 e. The molecule has 0 atom stereocenters. The molecular formula is C36H44N4O5. The van der Waals surface area contributed by atoms with Crippen LogP contribution in [0.2, 0.25) is 0 Å². The molecule has 2 aromatic carbocycles. The van der Waals surface area contributed by atoms with Gasteiger partial charge >= 0.3 is 6.09 Å². The number of rotatable bonds is 10. The van der Waals surface area contributed by atoms with Gasteiger partial charge in [0.05, 0.1) is 11.1 Å². The number of nitrogens with one attached hydrogen (secondary N) is 2. The summed E-state index contributed by atoms with van der Waals surface area (Å²) in [5, 5.41) is 25.5. The summed E-state index contributed by atoms with van der Waals surface area (Å²) < 4.78 is 0. The molecule has 1 heterocycles. The van der Waals surface area contributed by atoms with Crippen LogP contribution in [0.25, 0.3) is 22.3 Å². The standard InChI is InChI=1S/C36H44N4O5/c1-4-33(42)40(5-2)28-17-11-24(12-18-28)19-32(41)38-31-20-29(25-9-7-6-8-10-25)30(21-37-31)26-13-15-27(16-14-26)36(39-34(43)44)22-35(3,45)23-36/h6-10,13-16,20-21,24,28,39,45H,4-5,11-12,17-19,22-23H2,1-3H3,(H,43,44)(H,37,38,41)/t24-,28-,35-,36+. The average Bonchev–Trinajstić information content (AvgIpc) is 3.01. The fraction of sp³-hybridized carbons (Fsp3) is 0.444. The van der Waals surface area contributed by atoms with E-state index in [9.17, 15) is 24.6 Å². The molecule has 2 saturated carbocycles. The molecule has 0 bridgehead atoms. The molecule has 1 aromatic heterocycles. The van der Waals surface area contributed by atoms with Crippen molar-refractivity contribution >= 4 is 23.7 Å². The Labute approximate surface area is 265 Å². The fourth-order valence-corrected chi connectivity index (χ4v) is 7.35.